The maximum Gasteiger partial charge on any atom is 0.159 e. The number of fused-ring (bicyclic) bond motifs is 2. The molecule has 0 radical (unpaired) electrons. The monoisotopic (exact) mass is 240 g/mol. The molecule has 90 valence electrons. The van der Waals surface area contributed by atoms with Gasteiger partial charge in [-0.2, -0.15) is 0 Å². The first-order valence-electron chi connectivity index (χ1n) is 5.65. The van der Waals surface area contributed by atoms with Crippen LogP contribution in [0, 0.1) is 13.8 Å². The van der Waals surface area contributed by atoms with Crippen molar-refractivity contribution in [2.45, 2.75) is 13.8 Å². The lowest BCUT2D eigenvalue weighted by Gasteiger charge is -2.05. The lowest BCUT2D eigenvalue weighted by Crippen LogP contribution is -1.90. The fraction of sp³-hybridized carbons (Fsp3) is 0.143. The van der Waals surface area contributed by atoms with Crippen LogP contribution in [0.5, 0.6) is 11.5 Å². The lowest BCUT2D eigenvalue weighted by atomic mass is 10.1. The van der Waals surface area contributed by atoms with E-state index >= 15 is 0 Å². The van der Waals surface area contributed by atoms with E-state index in [9.17, 15) is 10.2 Å². The van der Waals surface area contributed by atoms with Crippen LogP contribution >= 0.6 is 0 Å². The standard InChI is InChI=1S/C14H12N2O2/c1-7-3-9-10(4-8(7)2)16-12-6-14(18)13(17)5-11(12)15-9/h3-6,17-18H,1-2H3. The molecule has 0 spiro atoms. The molecule has 2 aromatic carbocycles. The second kappa shape index (κ2) is 3.57. The van der Waals surface area contributed by atoms with Gasteiger partial charge in [0.05, 0.1) is 22.1 Å². The highest BCUT2D eigenvalue weighted by Gasteiger charge is 2.07. The smallest absolute Gasteiger partial charge is 0.159 e. The third-order valence-electron chi connectivity index (χ3n) is 3.14. The normalized spacial score (nSPS) is 11.2. The Balaban J connectivity index is 2.43. The van der Waals surface area contributed by atoms with Crippen LogP contribution in [0.15, 0.2) is 24.3 Å². The predicted molar refractivity (Wildman–Crippen MR) is 69.8 cm³/mol. The Morgan fingerprint density at radius 2 is 1.00 bits per heavy atom. The summed E-state index contributed by atoms with van der Waals surface area (Å²) in [5, 5.41) is 18.9. The molecule has 0 aliphatic rings. The van der Waals surface area contributed by atoms with Crippen LogP contribution in [0.25, 0.3) is 22.1 Å². The van der Waals surface area contributed by atoms with Crippen LogP contribution < -0.4 is 0 Å². The third kappa shape index (κ3) is 1.54. The molecule has 3 rings (SSSR count). The summed E-state index contributed by atoms with van der Waals surface area (Å²) in [6, 6.07) is 6.79. The van der Waals surface area contributed by atoms with Crippen LogP contribution in [0.2, 0.25) is 0 Å². The van der Waals surface area contributed by atoms with E-state index in [1.807, 2.05) is 26.0 Å². The van der Waals surface area contributed by atoms with Gasteiger partial charge in [0, 0.05) is 12.1 Å². The van der Waals surface area contributed by atoms with Gasteiger partial charge in [-0.25, -0.2) is 9.97 Å². The van der Waals surface area contributed by atoms with Crippen LogP contribution in [-0.4, -0.2) is 20.2 Å². The Morgan fingerprint density at radius 1 is 0.667 bits per heavy atom. The molecule has 0 fully saturated rings. The van der Waals surface area contributed by atoms with Crippen molar-refractivity contribution in [2.75, 3.05) is 0 Å². The molecule has 0 amide bonds. The number of phenolic OH excluding ortho intramolecular Hbond substituents is 2. The van der Waals surface area contributed by atoms with Gasteiger partial charge in [-0.05, 0) is 37.1 Å². The minimum atomic E-state index is -0.181. The van der Waals surface area contributed by atoms with Crippen molar-refractivity contribution in [1.82, 2.24) is 9.97 Å². The summed E-state index contributed by atoms with van der Waals surface area (Å²) in [6.07, 6.45) is 0. The van der Waals surface area contributed by atoms with Gasteiger partial charge in [-0.3, -0.25) is 0 Å². The minimum Gasteiger partial charge on any atom is -0.504 e. The Morgan fingerprint density at radius 3 is 1.39 bits per heavy atom. The molecule has 3 aromatic rings. The Labute approximate surface area is 104 Å². The number of benzene rings is 2. The van der Waals surface area contributed by atoms with E-state index in [1.165, 1.54) is 12.1 Å². The summed E-state index contributed by atoms with van der Waals surface area (Å²) >= 11 is 0. The van der Waals surface area contributed by atoms with Crippen LogP contribution in [0.1, 0.15) is 11.1 Å². The van der Waals surface area contributed by atoms with E-state index in [4.69, 9.17) is 0 Å². The first-order valence-corrected chi connectivity index (χ1v) is 5.65. The fourth-order valence-corrected chi connectivity index (χ4v) is 1.96. The van der Waals surface area contributed by atoms with Crippen molar-refractivity contribution < 1.29 is 10.2 Å². The molecule has 0 aliphatic carbocycles. The molecule has 0 unspecified atom stereocenters. The number of hydrogen-bond donors (Lipinski definition) is 2. The maximum absolute atomic E-state index is 9.47. The highest BCUT2D eigenvalue weighted by molar-refractivity contribution is 5.88. The number of phenols is 2. The molecule has 0 aliphatic heterocycles. The van der Waals surface area contributed by atoms with Gasteiger partial charge in [0.2, 0.25) is 0 Å². The number of nitrogens with zero attached hydrogens (tertiary/aromatic N) is 2. The molecule has 18 heavy (non-hydrogen) atoms. The van der Waals surface area contributed by atoms with Crippen molar-refractivity contribution in [3.63, 3.8) is 0 Å². The van der Waals surface area contributed by atoms with Gasteiger partial charge in [-0.1, -0.05) is 0 Å². The van der Waals surface area contributed by atoms with E-state index in [-0.39, 0.29) is 11.5 Å². The molecule has 0 saturated heterocycles. The molecule has 0 bridgehead atoms. The second-order valence-corrected chi connectivity index (χ2v) is 4.48. The number of aromatic nitrogens is 2. The highest BCUT2D eigenvalue weighted by atomic mass is 16.3. The number of aryl methyl sites for hydroxylation is 2. The SMILES string of the molecule is Cc1cc2nc3cc(O)c(O)cc3nc2cc1C. The van der Waals surface area contributed by atoms with Gasteiger partial charge in [0.15, 0.2) is 11.5 Å². The van der Waals surface area contributed by atoms with Crippen molar-refractivity contribution in [1.29, 1.82) is 0 Å². The van der Waals surface area contributed by atoms with Gasteiger partial charge < -0.3 is 10.2 Å². The molecular weight excluding hydrogens is 228 g/mol. The Hall–Kier alpha value is -2.36. The molecule has 1 aromatic heterocycles. The maximum atomic E-state index is 9.47. The van der Waals surface area contributed by atoms with Gasteiger partial charge in [-0.15, -0.1) is 0 Å². The fourth-order valence-electron chi connectivity index (χ4n) is 1.96. The van der Waals surface area contributed by atoms with Crippen molar-refractivity contribution in [3.05, 3.63) is 35.4 Å². The van der Waals surface area contributed by atoms with Gasteiger partial charge >= 0.3 is 0 Å². The van der Waals surface area contributed by atoms with E-state index in [0.717, 1.165) is 22.2 Å². The molecule has 2 N–H and O–H groups in total. The van der Waals surface area contributed by atoms with Crippen LogP contribution in [-0.2, 0) is 0 Å². The molecule has 0 saturated carbocycles. The molecule has 4 heteroatoms. The van der Waals surface area contributed by atoms with Crippen molar-refractivity contribution in [3.8, 4) is 11.5 Å². The lowest BCUT2D eigenvalue weighted by molar-refractivity contribution is 0.404. The summed E-state index contributed by atoms with van der Waals surface area (Å²) in [6.45, 7) is 4.05. The summed E-state index contributed by atoms with van der Waals surface area (Å²) in [7, 11) is 0. The minimum absolute atomic E-state index is 0.181. The average Bonchev–Trinajstić information content (AvgIpc) is 2.31. The zero-order valence-electron chi connectivity index (χ0n) is 10.1. The van der Waals surface area contributed by atoms with Gasteiger partial charge in [0.1, 0.15) is 0 Å². The Bertz CT molecular complexity index is 653. The van der Waals surface area contributed by atoms with Crippen molar-refractivity contribution in [2.24, 2.45) is 0 Å². The predicted octanol–water partition coefficient (Wildman–Crippen LogP) is 2.81. The summed E-state index contributed by atoms with van der Waals surface area (Å²) in [5.41, 5.74) is 5.02. The summed E-state index contributed by atoms with van der Waals surface area (Å²) in [4.78, 5) is 8.90. The first-order chi connectivity index (χ1) is 8.54. The van der Waals surface area contributed by atoms with E-state index in [2.05, 4.69) is 9.97 Å². The molecule has 0 atom stereocenters. The zero-order chi connectivity index (χ0) is 12.9. The van der Waals surface area contributed by atoms with Crippen LogP contribution in [0.3, 0.4) is 0 Å². The topological polar surface area (TPSA) is 66.2 Å². The third-order valence-corrected chi connectivity index (χ3v) is 3.14. The van der Waals surface area contributed by atoms with E-state index in [0.29, 0.717) is 11.0 Å². The summed E-state index contributed by atoms with van der Waals surface area (Å²) < 4.78 is 0. The Kier molecular flexibility index (Phi) is 2.13. The van der Waals surface area contributed by atoms with Crippen molar-refractivity contribution >= 4 is 22.1 Å². The number of aromatic hydroxyl groups is 2. The highest BCUT2D eigenvalue weighted by Crippen LogP contribution is 2.29. The largest absolute Gasteiger partial charge is 0.504 e. The van der Waals surface area contributed by atoms with Crippen LogP contribution in [0.4, 0.5) is 0 Å². The zero-order valence-corrected chi connectivity index (χ0v) is 10.1. The first kappa shape index (κ1) is 10.8. The molecule has 4 nitrogen and oxygen atoms in total. The molecular formula is C14H12N2O2. The van der Waals surface area contributed by atoms with Gasteiger partial charge in [0.25, 0.3) is 0 Å². The second-order valence-electron chi connectivity index (χ2n) is 4.48. The number of rotatable bonds is 0. The summed E-state index contributed by atoms with van der Waals surface area (Å²) in [5.74, 6) is -0.361. The average molecular weight is 240 g/mol. The number of hydrogen-bond acceptors (Lipinski definition) is 4. The van der Waals surface area contributed by atoms with E-state index in [1.54, 1.807) is 0 Å². The quantitative estimate of drug-likeness (QED) is 0.468. The molecule has 1 heterocycles. The van der Waals surface area contributed by atoms with E-state index < -0.39 is 0 Å².